The Morgan fingerprint density at radius 1 is 1.16 bits per heavy atom. The van der Waals surface area contributed by atoms with Gasteiger partial charge in [0.25, 0.3) is 0 Å². The van der Waals surface area contributed by atoms with Crippen molar-refractivity contribution in [1.82, 2.24) is 10.2 Å². The molecule has 0 bridgehead atoms. The highest BCUT2D eigenvalue weighted by Gasteiger charge is 2.20. The number of hydrogen-bond acceptors (Lipinski definition) is 3. The van der Waals surface area contributed by atoms with Crippen LogP contribution in [-0.2, 0) is 11.3 Å². The van der Waals surface area contributed by atoms with E-state index < -0.39 is 0 Å². The van der Waals surface area contributed by atoms with E-state index in [1.165, 1.54) is 11.1 Å². The molecular weight excluding hydrogens is 330 g/mol. The molecule has 0 aromatic heterocycles. The predicted molar refractivity (Wildman–Crippen MR) is 107 cm³/mol. The summed E-state index contributed by atoms with van der Waals surface area (Å²) in [7, 11) is 0. The fourth-order valence-electron chi connectivity index (χ4n) is 2.91. The van der Waals surface area contributed by atoms with Crippen LogP contribution in [0.25, 0.3) is 0 Å². The molecule has 1 heterocycles. The lowest BCUT2D eigenvalue weighted by Crippen LogP contribution is -2.47. The van der Waals surface area contributed by atoms with Crippen LogP contribution in [-0.4, -0.2) is 42.4 Å². The van der Waals surface area contributed by atoms with Crippen LogP contribution in [0.1, 0.15) is 11.1 Å². The van der Waals surface area contributed by atoms with Gasteiger partial charge in [0.05, 0.1) is 12.7 Å². The third kappa shape index (κ3) is 5.81. The van der Waals surface area contributed by atoms with E-state index in [9.17, 15) is 0 Å². The van der Waals surface area contributed by atoms with Gasteiger partial charge in [-0.15, -0.1) is 0 Å². The summed E-state index contributed by atoms with van der Waals surface area (Å²) >= 11 is 5.38. The van der Waals surface area contributed by atoms with Crippen LogP contribution >= 0.6 is 12.2 Å². The number of hydrogen-bond donors (Lipinski definition) is 2. The molecule has 0 spiro atoms. The fraction of sp³-hybridized carbons (Fsp3) is 0.350. The standard InChI is InChI=1S/C20H25N3OS/c1-16-7-9-18(10-8-16)22-20(25)21-13-19-15-23(11-12-24-19)14-17-5-3-2-4-6-17/h2-10,19H,11-15H2,1H3,(H2,21,22,25)/t19-/m0/s1. The molecule has 4 nitrogen and oxygen atoms in total. The van der Waals surface area contributed by atoms with Crippen LogP contribution in [0.5, 0.6) is 0 Å². The first kappa shape index (κ1) is 17.9. The second-order valence-corrected chi connectivity index (χ2v) is 6.82. The summed E-state index contributed by atoms with van der Waals surface area (Å²) in [5.74, 6) is 0. The van der Waals surface area contributed by atoms with Crippen LogP contribution in [0.15, 0.2) is 54.6 Å². The molecule has 2 aromatic carbocycles. The molecule has 1 aliphatic heterocycles. The van der Waals surface area contributed by atoms with Gasteiger partial charge < -0.3 is 15.4 Å². The molecule has 0 unspecified atom stereocenters. The fourth-order valence-corrected chi connectivity index (χ4v) is 3.11. The van der Waals surface area contributed by atoms with Gasteiger partial charge in [-0.1, -0.05) is 48.0 Å². The summed E-state index contributed by atoms with van der Waals surface area (Å²) in [5.41, 5.74) is 3.57. The van der Waals surface area contributed by atoms with Crippen LogP contribution in [0.3, 0.4) is 0 Å². The smallest absolute Gasteiger partial charge is 0.170 e. The molecule has 0 radical (unpaired) electrons. The highest BCUT2D eigenvalue weighted by molar-refractivity contribution is 7.80. The SMILES string of the molecule is Cc1ccc(NC(=S)NC[C@H]2CN(Cc3ccccc3)CCO2)cc1. The van der Waals surface area contributed by atoms with E-state index in [2.05, 4.69) is 64.9 Å². The van der Waals surface area contributed by atoms with Crippen molar-refractivity contribution in [3.63, 3.8) is 0 Å². The van der Waals surface area contributed by atoms with E-state index in [0.29, 0.717) is 11.7 Å². The molecule has 25 heavy (non-hydrogen) atoms. The monoisotopic (exact) mass is 355 g/mol. The topological polar surface area (TPSA) is 36.5 Å². The number of morpholine rings is 1. The highest BCUT2D eigenvalue weighted by atomic mass is 32.1. The van der Waals surface area contributed by atoms with Gasteiger partial charge in [0, 0.05) is 31.9 Å². The second-order valence-electron chi connectivity index (χ2n) is 6.41. The first-order valence-corrected chi connectivity index (χ1v) is 9.09. The van der Waals surface area contributed by atoms with Crippen molar-refractivity contribution in [2.45, 2.75) is 19.6 Å². The predicted octanol–water partition coefficient (Wildman–Crippen LogP) is 3.18. The summed E-state index contributed by atoms with van der Waals surface area (Å²) in [4.78, 5) is 2.43. The van der Waals surface area contributed by atoms with Crippen LogP contribution < -0.4 is 10.6 Å². The first-order chi connectivity index (χ1) is 12.2. The Morgan fingerprint density at radius 3 is 2.68 bits per heavy atom. The third-order valence-electron chi connectivity index (χ3n) is 4.27. The largest absolute Gasteiger partial charge is 0.374 e. The van der Waals surface area contributed by atoms with E-state index in [1.54, 1.807) is 0 Å². The number of anilines is 1. The quantitative estimate of drug-likeness (QED) is 0.806. The molecule has 0 saturated carbocycles. The summed E-state index contributed by atoms with van der Waals surface area (Å²) in [5, 5.41) is 7.11. The highest BCUT2D eigenvalue weighted by Crippen LogP contribution is 2.11. The summed E-state index contributed by atoms with van der Waals surface area (Å²) in [6.07, 6.45) is 0.148. The van der Waals surface area contributed by atoms with Gasteiger partial charge in [-0.05, 0) is 36.8 Å². The lowest BCUT2D eigenvalue weighted by Gasteiger charge is -2.33. The zero-order chi connectivity index (χ0) is 17.5. The van der Waals surface area contributed by atoms with Gasteiger partial charge in [-0.3, -0.25) is 4.90 Å². The number of ether oxygens (including phenoxy) is 1. The zero-order valence-corrected chi connectivity index (χ0v) is 15.4. The Bertz CT molecular complexity index is 675. The minimum absolute atomic E-state index is 0.148. The molecule has 5 heteroatoms. The lowest BCUT2D eigenvalue weighted by atomic mass is 10.2. The summed E-state index contributed by atoms with van der Waals surface area (Å²) in [6.45, 7) is 6.39. The minimum atomic E-state index is 0.148. The number of thiocarbonyl (C=S) groups is 1. The molecule has 2 aromatic rings. The summed E-state index contributed by atoms with van der Waals surface area (Å²) in [6, 6.07) is 18.8. The maximum atomic E-state index is 5.87. The number of nitrogens with zero attached hydrogens (tertiary/aromatic N) is 1. The molecule has 1 aliphatic rings. The van der Waals surface area contributed by atoms with Crippen molar-refractivity contribution in [1.29, 1.82) is 0 Å². The normalized spacial score (nSPS) is 17.9. The van der Waals surface area contributed by atoms with E-state index in [4.69, 9.17) is 17.0 Å². The molecule has 132 valence electrons. The molecule has 1 atom stereocenters. The van der Waals surface area contributed by atoms with Gasteiger partial charge in [0.15, 0.2) is 5.11 Å². The number of nitrogens with one attached hydrogen (secondary N) is 2. The van der Waals surface area contributed by atoms with Gasteiger partial charge in [-0.2, -0.15) is 0 Å². The van der Waals surface area contributed by atoms with E-state index >= 15 is 0 Å². The van der Waals surface area contributed by atoms with Crippen molar-refractivity contribution in [3.05, 3.63) is 65.7 Å². The van der Waals surface area contributed by atoms with Crippen molar-refractivity contribution in [2.75, 3.05) is 31.6 Å². The Labute approximate surface area is 155 Å². The number of benzene rings is 2. The molecular formula is C20H25N3OS. The molecule has 0 amide bonds. The van der Waals surface area contributed by atoms with Crippen molar-refractivity contribution >= 4 is 23.0 Å². The zero-order valence-electron chi connectivity index (χ0n) is 14.6. The molecule has 2 N–H and O–H groups in total. The van der Waals surface area contributed by atoms with Gasteiger partial charge in [-0.25, -0.2) is 0 Å². The number of aryl methyl sites for hydroxylation is 1. The average molecular weight is 356 g/mol. The van der Waals surface area contributed by atoms with Gasteiger partial charge in [0.1, 0.15) is 0 Å². The van der Waals surface area contributed by atoms with Crippen molar-refractivity contribution in [2.24, 2.45) is 0 Å². The summed E-state index contributed by atoms with van der Waals surface area (Å²) < 4.78 is 5.87. The third-order valence-corrected chi connectivity index (χ3v) is 4.52. The van der Waals surface area contributed by atoms with E-state index in [-0.39, 0.29) is 6.10 Å². The Hall–Kier alpha value is -1.95. The molecule has 3 rings (SSSR count). The lowest BCUT2D eigenvalue weighted by molar-refractivity contribution is -0.0279. The van der Waals surface area contributed by atoms with Crippen LogP contribution in [0.2, 0.25) is 0 Å². The van der Waals surface area contributed by atoms with Crippen molar-refractivity contribution < 1.29 is 4.74 Å². The Kier molecular flexibility index (Phi) is 6.39. The van der Waals surface area contributed by atoms with Crippen LogP contribution in [0.4, 0.5) is 5.69 Å². The first-order valence-electron chi connectivity index (χ1n) is 8.68. The maximum Gasteiger partial charge on any atom is 0.170 e. The number of rotatable bonds is 5. The van der Waals surface area contributed by atoms with Gasteiger partial charge >= 0.3 is 0 Å². The second kappa shape index (κ2) is 8.94. The molecule has 1 saturated heterocycles. The van der Waals surface area contributed by atoms with E-state index in [1.807, 2.05) is 12.1 Å². The van der Waals surface area contributed by atoms with Gasteiger partial charge in [0.2, 0.25) is 0 Å². The van der Waals surface area contributed by atoms with E-state index in [0.717, 1.165) is 31.9 Å². The average Bonchev–Trinajstić information content (AvgIpc) is 2.63. The van der Waals surface area contributed by atoms with Crippen LogP contribution in [0, 0.1) is 6.92 Å². The molecule has 0 aliphatic carbocycles. The minimum Gasteiger partial charge on any atom is -0.374 e. The maximum absolute atomic E-state index is 5.87. The Morgan fingerprint density at radius 2 is 1.92 bits per heavy atom. The molecule has 1 fully saturated rings. The Balaban J connectivity index is 1.43. The van der Waals surface area contributed by atoms with Crippen molar-refractivity contribution in [3.8, 4) is 0 Å².